The first kappa shape index (κ1) is 16.7. The van der Waals surface area contributed by atoms with E-state index in [1.807, 2.05) is 4.90 Å². The van der Waals surface area contributed by atoms with Gasteiger partial charge in [0, 0.05) is 37.4 Å². The topological polar surface area (TPSA) is 55.0 Å². The van der Waals surface area contributed by atoms with Crippen LogP contribution in [0.5, 0.6) is 0 Å². The number of aromatic nitrogens is 2. The molecule has 0 bridgehead atoms. The fourth-order valence-electron chi connectivity index (χ4n) is 3.23. The molecule has 0 saturated carbocycles. The van der Waals surface area contributed by atoms with Crippen molar-refractivity contribution in [1.29, 1.82) is 0 Å². The van der Waals surface area contributed by atoms with Gasteiger partial charge in [0.25, 0.3) is 0 Å². The number of piperidine rings is 1. The number of rotatable bonds is 3. The van der Waals surface area contributed by atoms with Crippen LogP contribution in [0.25, 0.3) is 0 Å². The van der Waals surface area contributed by atoms with Crippen LogP contribution in [0, 0.1) is 0 Å². The van der Waals surface area contributed by atoms with Gasteiger partial charge in [-0.2, -0.15) is 13.2 Å². The molecule has 0 atom stereocenters. The van der Waals surface area contributed by atoms with Crippen LogP contribution >= 0.6 is 0 Å². The molecule has 1 fully saturated rings. The summed E-state index contributed by atoms with van der Waals surface area (Å²) in [7, 11) is 0. The summed E-state index contributed by atoms with van der Waals surface area (Å²) >= 11 is 0. The highest BCUT2D eigenvalue weighted by Gasteiger charge is 2.38. The SMILES string of the molecule is NCC1(c2cccc(C(F)(F)F)c2)CCN(c2ncccn2)CC1. The molecule has 24 heavy (non-hydrogen) atoms. The minimum atomic E-state index is -4.34. The first-order valence-electron chi connectivity index (χ1n) is 7.84. The molecule has 1 aliphatic rings. The highest BCUT2D eigenvalue weighted by molar-refractivity contribution is 5.36. The Kier molecular flexibility index (Phi) is 4.45. The maximum atomic E-state index is 13.0. The molecule has 0 radical (unpaired) electrons. The first-order valence-corrected chi connectivity index (χ1v) is 7.84. The van der Waals surface area contributed by atoms with Crippen LogP contribution in [0.15, 0.2) is 42.7 Å². The van der Waals surface area contributed by atoms with Gasteiger partial charge in [0.05, 0.1) is 5.56 Å². The standard InChI is InChI=1S/C17H19F3N4/c18-17(19,20)14-4-1-3-13(11-14)16(12-21)5-9-24(10-6-16)15-22-7-2-8-23-15/h1-4,7-8,11H,5-6,9-10,12,21H2. The number of nitrogens with two attached hydrogens (primary N) is 1. The Labute approximate surface area is 138 Å². The van der Waals surface area contributed by atoms with Crippen molar-refractivity contribution >= 4 is 5.95 Å². The molecule has 7 heteroatoms. The lowest BCUT2D eigenvalue weighted by Gasteiger charge is -2.41. The zero-order chi connectivity index (χ0) is 17.2. The molecule has 2 N–H and O–H groups in total. The van der Waals surface area contributed by atoms with Gasteiger partial charge in [-0.05, 0) is 30.5 Å². The third-order valence-corrected chi connectivity index (χ3v) is 4.75. The van der Waals surface area contributed by atoms with Gasteiger partial charge in [-0.15, -0.1) is 0 Å². The molecule has 1 aromatic heterocycles. The molecule has 0 amide bonds. The fourth-order valence-corrected chi connectivity index (χ4v) is 3.23. The van der Waals surface area contributed by atoms with Crippen molar-refractivity contribution in [3.8, 4) is 0 Å². The van der Waals surface area contributed by atoms with E-state index in [1.54, 1.807) is 24.5 Å². The predicted octanol–water partition coefficient (Wildman–Crippen LogP) is 2.99. The van der Waals surface area contributed by atoms with Crippen molar-refractivity contribution in [2.45, 2.75) is 24.4 Å². The first-order chi connectivity index (χ1) is 11.4. The molecule has 1 aliphatic heterocycles. The average Bonchev–Trinajstić information content (AvgIpc) is 2.62. The number of anilines is 1. The zero-order valence-corrected chi connectivity index (χ0v) is 13.1. The third-order valence-electron chi connectivity index (χ3n) is 4.75. The van der Waals surface area contributed by atoms with Gasteiger partial charge < -0.3 is 10.6 Å². The van der Waals surface area contributed by atoms with Crippen molar-refractivity contribution in [1.82, 2.24) is 9.97 Å². The zero-order valence-electron chi connectivity index (χ0n) is 13.1. The number of nitrogens with zero attached hydrogens (tertiary/aromatic N) is 3. The number of alkyl halides is 3. The molecule has 3 rings (SSSR count). The van der Waals surface area contributed by atoms with Crippen LogP contribution in [-0.2, 0) is 11.6 Å². The lowest BCUT2D eigenvalue weighted by atomic mass is 9.72. The van der Waals surface area contributed by atoms with Gasteiger partial charge in [-0.25, -0.2) is 9.97 Å². The Morgan fingerprint density at radius 2 is 1.75 bits per heavy atom. The maximum absolute atomic E-state index is 13.0. The minimum Gasteiger partial charge on any atom is -0.341 e. The van der Waals surface area contributed by atoms with Crippen LogP contribution in [0.2, 0.25) is 0 Å². The summed E-state index contributed by atoms with van der Waals surface area (Å²) in [6, 6.07) is 7.29. The van der Waals surface area contributed by atoms with Gasteiger partial charge >= 0.3 is 6.18 Å². The summed E-state index contributed by atoms with van der Waals surface area (Å²) in [5.41, 5.74) is 5.58. The lowest BCUT2D eigenvalue weighted by molar-refractivity contribution is -0.137. The second kappa shape index (κ2) is 6.39. The Morgan fingerprint density at radius 1 is 1.08 bits per heavy atom. The molecule has 2 aromatic rings. The van der Waals surface area contributed by atoms with Crippen molar-refractivity contribution in [2.24, 2.45) is 5.73 Å². The smallest absolute Gasteiger partial charge is 0.341 e. The fraction of sp³-hybridized carbons (Fsp3) is 0.412. The van der Waals surface area contributed by atoms with E-state index in [0.717, 1.165) is 6.07 Å². The Bertz CT molecular complexity index is 680. The third kappa shape index (κ3) is 3.21. The molecule has 4 nitrogen and oxygen atoms in total. The van der Waals surface area contributed by atoms with E-state index in [1.165, 1.54) is 12.1 Å². The van der Waals surface area contributed by atoms with Gasteiger partial charge in [-0.1, -0.05) is 18.2 Å². The number of benzene rings is 1. The highest BCUT2D eigenvalue weighted by atomic mass is 19.4. The number of halogens is 3. The molecule has 0 unspecified atom stereocenters. The summed E-state index contributed by atoms with van der Waals surface area (Å²) in [5, 5.41) is 0. The van der Waals surface area contributed by atoms with Crippen LogP contribution in [-0.4, -0.2) is 29.6 Å². The Hall–Kier alpha value is -2.15. The van der Waals surface area contributed by atoms with E-state index in [4.69, 9.17) is 5.73 Å². The maximum Gasteiger partial charge on any atom is 0.416 e. The van der Waals surface area contributed by atoms with Crippen molar-refractivity contribution in [3.63, 3.8) is 0 Å². The summed E-state index contributed by atoms with van der Waals surface area (Å²) in [5.74, 6) is 0.646. The highest BCUT2D eigenvalue weighted by Crippen LogP contribution is 2.38. The lowest BCUT2D eigenvalue weighted by Crippen LogP contribution is -2.47. The predicted molar refractivity (Wildman–Crippen MR) is 85.7 cm³/mol. The monoisotopic (exact) mass is 336 g/mol. The second-order valence-corrected chi connectivity index (χ2v) is 6.10. The van der Waals surface area contributed by atoms with Gasteiger partial charge in [-0.3, -0.25) is 0 Å². The Morgan fingerprint density at radius 3 is 2.33 bits per heavy atom. The molecule has 0 spiro atoms. The van der Waals surface area contributed by atoms with Crippen LogP contribution < -0.4 is 10.6 Å². The van der Waals surface area contributed by atoms with Crippen LogP contribution in [0.1, 0.15) is 24.0 Å². The van der Waals surface area contributed by atoms with E-state index >= 15 is 0 Å². The van der Waals surface area contributed by atoms with E-state index in [-0.39, 0.29) is 0 Å². The van der Waals surface area contributed by atoms with E-state index < -0.39 is 17.2 Å². The van der Waals surface area contributed by atoms with Crippen molar-refractivity contribution in [2.75, 3.05) is 24.5 Å². The average molecular weight is 336 g/mol. The van der Waals surface area contributed by atoms with E-state index in [2.05, 4.69) is 9.97 Å². The summed E-state index contributed by atoms with van der Waals surface area (Å²) < 4.78 is 39.0. The van der Waals surface area contributed by atoms with E-state index in [0.29, 0.717) is 44.0 Å². The Balaban J connectivity index is 1.82. The van der Waals surface area contributed by atoms with Crippen molar-refractivity contribution in [3.05, 3.63) is 53.9 Å². The summed E-state index contributed by atoms with van der Waals surface area (Å²) in [6.45, 7) is 1.65. The second-order valence-electron chi connectivity index (χ2n) is 6.10. The molecular formula is C17H19F3N4. The summed E-state index contributed by atoms with van der Waals surface area (Å²) in [4.78, 5) is 10.5. The van der Waals surface area contributed by atoms with Crippen LogP contribution in [0.4, 0.5) is 19.1 Å². The minimum absolute atomic E-state index is 0.317. The summed E-state index contributed by atoms with van der Waals surface area (Å²) in [6.07, 6.45) is 0.358. The molecule has 2 heterocycles. The van der Waals surface area contributed by atoms with E-state index in [9.17, 15) is 13.2 Å². The number of hydrogen-bond donors (Lipinski definition) is 1. The van der Waals surface area contributed by atoms with Crippen LogP contribution in [0.3, 0.4) is 0 Å². The van der Waals surface area contributed by atoms with Crippen molar-refractivity contribution < 1.29 is 13.2 Å². The molecule has 1 aromatic carbocycles. The molecule has 0 aliphatic carbocycles. The van der Waals surface area contributed by atoms with Gasteiger partial charge in [0.1, 0.15) is 0 Å². The largest absolute Gasteiger partial charge is 0.416 e. The van der Waals surface area contributed by atoms with Gasteiger partial charge in [0.2, 0.25) is 5.95 Å². The quantitative estimate of drug-likeness (QED) is 0.936. The molecule has 1 saturated heterocycles. The van der Waals surface area contributed by atoms with Gasteiger partial charge in [0.15, 0.2) is 0 Å². The number of hydrogen-bond acceptors (Lipinski definition) is 4. The molecular weight excluding hydrogens is 317 g/mol. The molecule has 128 valence electrons. The normalized spacial score (nSPS) is 17.8.